The third-order valence-corrected chi connectivity index (χ3v) is 2.79. The second kappa shape index (κ2) is 4.30. The van der Waals surface area contributed by atoms with Crippen molar-refractivity contribution in [2.45, 2.75) is 6.92 Å². The number of nitriles is 1. The first-order valence-electron chi connectivity index (χ1n) is 5.25. The molecule has 0 radical (unpaired) electrons. The minimum atomic E-state index is 0.548. The first-order chi connectivity index (χ1) is 8.19. The van der Waals surface area contributed by atoms with Gasteiger partial charge in [-0.05, 0) is 19.1 Å². The van der Waals surface area contributed by atoms with Crippen LogP contribution in [0, 0.1) is 18.3 Å². The first kappa shape index (κ1) is 11.2. The number of imidazole rings is 1. The summed E-state index contributed by atoms with van der Waals surface area (Å²) >= 11 is 0. The minimum absolute atomic E-state index is 0.548. The lowest BCUT2D eigenvalue weighted by Crippen LogP contribution is -1.95. The molecule has 1 aromatic heterocycles. The van der Waals surface area contributed by atoms with E-state index in [1.54, 1.807) is 11.7 Å². The Morgan fingerprint density at radius 1 is 1.35 bits per heavy atom. The lowest BCUT2D eigenvalue weighted by molar-refractivity contribution is 0.416. The molecule has 0 atom stereocenters. The Morgan fingerprint density at radius 2 is 2.06 bits per heavy atom. The zero-order chi connectivity index (χ0) is 12.4. The van der Waals surface area contributed by atoms with Crippen molar-refractivity contribution in [3.05, 3.63) is 35.8 Å². The van der Waals surface area contributed by atoms with E-state index in [4.69, 9.17) is 4.74 Å². The lowest BCUT2D eigenvalue weighted by atomic mass is 10.1. The van der Waals surface area contributed by atoms with Gasteiger partial charge in [0.1, 0.15) is 29.0 Å². The van der Waals surface area contributed by atoms with Crippen LogP contribution in [0.15, 0.2) is 24.3 Å². The van der Waals surface area contributed by atoms with Crippen LogP contribution in [0.4, 0.5) is 0 Å². The summed E-state index contributed by atoms with van der Waals surface area (Å²) in [6.45, 7) is 1.87. The third-order valence-electron chi connectivity index (χ3n) is 2.79. The van der Waals surface area contributed by atoms with E-state index in [9.17, 15) is 5.26 Å². The highest BCUT2D eigenvalue weighted by atomic mass is 16.5. The highest BCUT2D eigenvalue weighted by molar-refractivity contribution is 5.71. The number of methoxy groups -OCH3 is 1. The molecule has 0 aliphatic heterocycles. The molecule has 2 rings (SSSR count). The van der Waals surface area contributed by atoms with Crippen molar-refractivity contribution in [1.82, 2.24) is 9.55 Å². The largest absolute Gasteiger partial charge is 0.496 e. The number of aryl methyl sites for hydroxylation is 1. The van der Waals surface area contributed by atoms with Gasteiger partial charge >= 0.3 is 0 Å². The number of benzene rings is 1. The SMILES string of the molecule is COc1ccccc1-c1nc(C)n(C)c1C#N. The van der Waals surface area contributed by atoms with Crippen molar-refractivity contribution in [1.29, 1.82) is 5.26 Å². The molecule has 0 fully saturated rings. The third kappa shape index (κ3) is 1.76. The molecular formula is C13H13N3O. The summed E-state index contributed by atoms with van der Waals surface area (Å²) in [5.74, 6) is 1.53. The van der Waals surface area contributed by atoms with Crippen molar-refractivity contribution in [3.63, 3.8) is 0 Å². The van der Waals surface area contributed by atoms with Crippen LogP contribution in [-0.4, -0.2) is 16.7 Å². The molecule has 0 saturated heterocycles. The quantitative estimate of drug-likeness (QED) is 0.790. The van der Waals surface area contributed by atoms with Gasteiger partial charge in [0, 0.05) is 12.6 Å². The van der Waals surface area contributed by atoms with Gasteiger partial charge in [-0.15, -0.1) is 0 Å². The molecule has 0 aliphatic carbocycles. The van der Waals surface area contributed by atoms with Crippen molar-refractivity contribution in [3.8, 4) is 23.1 Å². The molecule has 4 heteroatoms. The van der Waals surface area contributed by atoms with Gasteiger partial charge in [0.25, 0.3) is 0 Å². The number of ether oxygens (including phenoxy) is 1. The van der Waals surface area contributed by atoms with Gasteiger partial charge < -0.3 is 9.30 Å². The van der Waals surface area contributed by atoms with Crippen LogP contribution in [0.1, 0.15) is 11.5 Å². The Morgan fingerprint density at radius 3 is 2.71 bits per heavy atom. The fraction of sp³-hybridized carbons (Fsp3) is 0.231. The second-order valence-electron chi connectivity index (χ2n) is 3.73. The Labute approximate surface area is 100 Å². The summed E-state index contributed by atoms with van der Waals surface area (Å²) in [6.07, 6.45) is 0. The monoisotopic (exact) mass is 227 g/mol. The number of nitrogens with zero attached hydrogens (tertiary/aromatic N) is 3. The molecule has 0 amide bonds. The summed E-state index contributed by atoms with van der Waals surface area (Å²) in [4.78, 5) is 4.42. The van der Waals surface area contributed by atoms with Gasteiger partial charge in [0.2, 0.25) is 0 Å². The van der Waals surface area contributed by atoms with Crippen LogP contribution in [-0.2, 0) is 7.05 Å². The van der Waals surface area contributed by atoms with E-state index in [0.717, 1.165) is 17.1 Å². The molecule has 0 aliphatic rings. The first-order valence-corrected chi connectivity index (χ1v) is 5.25. The van der Waals surface area contributed by atoms with E-state index < -0.39 is 0 Å². The van der Waals surface area contributed by atoms with E-state index in [2.05, 4.69) is 11.1 Å². The summed E-state index contributed by atoms with van der Waals surface area (Å²) in [5, 5.41) is 9.19. The van der Waals surface area contributed by atoms with Gasteiger partial charge in [-0.3, -0.25) is 0 Å². The standard InChI is InChI=1S/C13H13N3O/c1-9-15-13(11(8-14)16(9)2)10-6-4-5-7-12(10)17-3/h4-7H,1-3H3. The molecular weight excluding hydrogens is 214 g/mol. The lowest BCUT2D eigenvalue weighted by Gasteiger charge is -2.05. The van der Waals surface area contributed by atoms with Gasteiger partial charge in [0.05, 0.1) is 7.11 Å². The molecule has 4 nitrogen and oxygen atoms in total. The number of para-hydroxylation sites is 1. The summed E-state index contributed by atoms with van der Waals surface area (Å²) in [5.41, 5.74) is 2.06. The Balaban J connectivity index is 2.69. The molecule has 17 heavy (non-hydrogen) atoms. The van der Waals surface area contributed by atoms with Gasteiger partial charge in [0.15, 0.2) is 0 Å². The van der Waals surface area contributed by atoms with E-state index >= 15 is 0 Å². The summed E-state index contributed by atoms with van der Waals surface area (Å²) in [6, 6.07) is 9.74. The molecule has 86 valence electrons. The Hall–Kier alpha value is -2.28. The van der Waals surface area contributed by atoms with Gasteiger partial charge in [-0.1, -0.05) is 12.1 Å². The highest BCUT2D eigenvalue weighted by Gasteiger charge is 2.16. The maximum atomic E-state index is 9.19. The summed E-state index contributed by atoms with van der Waals surface area (Å²) < 4.78 is 7.07. The van der Waals surface area contributed by atoms with Crippen molar-refractivity contribution in [2.24, 2.45) is 7.05 Å². The smallest absolute Gasteiger partial charge is 0.148 e. The fourth-order valence-electron chi connectivity index (χ4n) is 1.77. The molecule has 0 saturated carbocycles. The fourth-order valence-corrected chi connectivity index (χ4v) is 1.77. The second-order valence-corrected chi connectivity index (χ2v) is 3.73. The Kier molecular flexibility index (Phi) is 2.84. The van der Waals surface area contributed by atoms with E-state index in [0.29, 0.717) is 11.4 Å². The van der Waals surface area contributed by atoms with Crippen LogP contribution in [0.5, 0.6) is 5.75 Å². The van der Waals surface area contributed by atoms with Gasteiger partial charge in [-0.2, -0.15) is 5.26 Å². The summed E-state index contributed by atoms with van der Waals surface area (Å²) in [7, 11) is 3.44. The number of hydrogen-bond acceptors (Lipinski definition) is 3. The molecule has 1 aromatic carbocycles. The zero-order valence-corrected chi connectivity index (χ0v) is 10.1. The maximum Gasteiger partial charge on any atom is 0.148 e. The van der Waals surface area contributed by atoms with Crippen LogP contribution in [0.25, 0.3) is 11.3 Å². The molecule has 0 bridgehead atoms. The maximum absolute atomic E-state index is 9.19. The average Bonchev–Trinajstić information content (AvgIpc) is 2.65. The predicted molar refractivity (Wildman–Crippen MR) is 64.6 cm³/mol. The van der Waals surface area contributed by atoms with Crippen molar-refractivity contribution in [2.75, 3.05) is 7.11 Å². The number of rotatable bonds is 2. The van der Waals surface area contributed by atoms with Crippen LogP contribution >= 0.6 is 0 Å². The Bertz CT molecular complexity index is 593. The molecule has 0 spiro atoms. The normalized spacial score (nSPS) is 10.0. The highest BCUT2D eigenvalue weighted by Crippen LogP contribution is 2.31. The van der Waals surface area contributed by atoms with Crippen LogP contribution < -0.4 is 4.74 Å². The van der Waals surface area contributed by atoms with Crippen LogP contribution in [0.2, 0.25) is 0 Å². The van der Waals surface area contributed by atoms with Gasteiger partial charge in [-0.25, -0.2) is 4.98 Å². The minimum Gasteiger partial charge on any atom is -0.496 e. The number of hydrogen-bond donors (Lipinski definition) is 0. The van der Waals surface area contributed by atoms with E-state index in [-0.39, 0.29) is 0 Å². The number of aromatic nitrogens is 2. The predicted octanol–water partition coefficient (Wildman–Crippen LogP) is 2.28. The topological polar surface area (TPSA) is 50.8 Å². The van der Waals surface area contributed by atoms with Crippen molar-refractivity contribution < 1.29 is 4.74 Å². The van der Waals surface area contributed by atoms with Crippen LogP contribution in [0.3, 0.4) is 0 Å². The van der Waals surface area contributed by atoms with Crippen molar-refractivity contribution >= 4 is 0 Å². The molecule has 1 heterocycles. The molecule has 0 unspecified atom stereocenters. The average molecular weight is 227 g/mol. The molecule has 2 aromatic rings. The molecule has 0 N–H and O–H groups in total. The van der Waals surface area contributed by atoms with E-state index in [1.165, 1.54) is 0 Å². The van der Waals surface area contributed by atoms with E-state index in [1.807, 2.05) is 38.2 Å². The zero-order valence-electron chi connectivity index (χ0n) is 10.1.